The molecule has 0 saturated heterocycles. The molecule has 0 rings (SSSR count). The highest BCUT2D eigenvalue weighted by molar-refractivity contribution is 7.47. The zero-order chi connectivity index (χ0) is 25.7. The molecule has 0 heterocycles. The molecular weight excluding hydrogens is 461 g/mol. The normalized spacial score (nSPS) is 15.2. The van der Waals surface area contributed by atoms with Gasteiger partial charge in [0.15, 0.2) is 0 Å². The molecule has 1 unspecified atom stereocenters. The van der Waals surface area contributed by atoms with Gasteiger partial charge in [-0.2, -0.15) is 0 Å². The fourth-order valence-electron chi connectivity index (χ4n) is 3.16. The molecule has 0 radical (unpaired) electrons. The van der Waals surface area contributed by atoms with Gasteiger partial charge in [0.1, 0.15) is 18.8 Å². The second kappa shape index (κ2) is 21.1. The van der Waals surface area contributed by atoms with Crippen LogP contribution in [0.2, 0.25) is 0 Å². The first-order chi connectivity index (χ1) is 16.2. The highest BCUT2D eigenvalue weighted by atomic mass is 31.2. The van der Waals surface area contributed by atoms with E-state index in [1.165, 1.54) is 51.9 Å². The number of ether oxygens (including phenoxy) is 1. The lowest BCUT2D eigenvalue weighted by Crippen LogP contribution is -2.34. The molecule has 0 aromatic heterocycles. The minimum Gasteiger partial charge on any atom is -0.480 e. The molecule has 4 N–H and O–H groups in total. The lowest BCUT2D eigenvalue weighted by atomic mass is 10.1. The van der Waals surface area contributed by atoms with Crippen molar-refractivity contribution in [3.8, 4) is 0 Å². The lowest BCUT2D eigenvalue weighted by Gasteiger charge is -2.18. The number of rotatable bonds is 23. The fraction of sp³-hybridized carbons (Fsp3) is 0.833. The van der Waals surface area contributed by atoms with Crippen molar-refractivity contribution >= 4 is 19.8 Å². The Balaban J connectivity index is 3.64. The minimum absolute atomic E-state index is 0.206. The van der Waals surface area contributed by atoms with Crippen molar-refractivity contribution in [2.24, 2.45) is 5.73 Å². The monoisotopic (exact) mass is 507 g/mol. The summed E-state index contributed by atoms with van der Waals surface area (Å²) < 4.78 is 26.1. The summed E-state index contributed by atoms with van der Waals surface area (Å²) in [6.45, 7) is 2.80. The highest BCUT2D eigenvalue weighted by Crippen LogP contribution is 2.44. The summed E-state index contributed by atoms with van der Waals surface area (Å²) in [7, 11) is -4.50. The minimum atomic E-state index is -4.50. The van der Waals surface area contributed by atoms with Gasteiger partial charge in [-0.25, -0.2) is 4.57 Å². The Kier molecular flexibility index (Phi) is 20.3. The van der Waals surface area contributed by atoms with Crippen molar-refractivity contribution in [2.75, 3.05) is 13.2 Å². The number of phosphoric acid groups is 1. The predicted octanol–water partition coefficient (Wildman–Crippen LogP) is 5.50. The van der Waals surface area contributed by atoms with Crippen molar-refractivity contribution in [3.63, 3.8) is 0 Å². The van der Waals surface area contributed by atoms with Crippen LogP contribution < -0.4 is 5.73 Å². The number of carbonyl (C=O) groups excluding carboxylic acids is 1. The van der Waals surface area contributed by atoms with Crippen LogP contribution in [0.5, 0.6) is 0 Å². The van der Waals surface area contributed by atoms with E-state index in [4.69, 9.17) is 20.1 Å². The number of carboxylic acid groups (broad SMARTS) is 1. The van der Waals surface area contributed by atoms with Gasteiger partial charge < -0.3 is 20.5 Å². The highest BCUT2D eigenvalue weighted by Gasteiger charge is 2.27. The van der Waals surface area contributed by atoms with E-state index >= 15 is 0 Å². The molecular formula is C24H46NO8P. The number of nitrogens with two attached hydrogens (primary N) is 1. The van der Waals surface area contributed by atoms with Crippen molar-refractivity contribution in [1.82, 2.24) is 0 Å². The standard InChI is InChI=1S/C24H46NO8P/c1-3-4-5-6-7-8-9-10-11-12-13-14-15-16-17-18-23(26)31-19-21(2)33-34(29,30)32-20-22(25)24(27)28/h10-11,21-22H,3-9,12-20,25H2,1-2H3,(H,27,28)(H,29,30)/b11-10-/t21-,22+/m1/s1. The van der Waals surface area contributed by atoms with Crippen LogP contribution in [0.1, 0.15) is 104 Å². The van der Waals surface area contributed by atoms with Crippen LogP contribution in [0.4, 0.5) is 0 Å². The Labute approximate surface area is 205 Å². The number of carbonyl (C=O) groups is 2. The van der Waals surface area contributed by atoms with Gasteiger partial charge in [-0.1, -0.05) is 70.4 Å². The SMILES string of the molecule is CCCCCCCC/C=C\CCCCCCCC(=O)OC[C@@H](C)OP(=O)(O)OC[C@H](N)C(=O)O. The van der Waals surface area contributed by atoms with Gasteiger partial charge in [-0.3, -0.25) is 18.6 Å². The third-order valence-electron chi connectivity index (χ3n) is 5.17. The number of unbranched alkanes of at least 4 members (excludes halogenated alkanes) is 11. The maximum absolute atomic E-state index is 11.8. The topological polar surface area (TPSA) is 145 Å². The second-order valence-electron chi connectivity index (χ2n) is 8.64. The van der Waals surface area contributed by atoms with E-state index in [-0.39, 0.29) is 13.0 Å². The van der Waals surface area contributed by atoms with E-state index in [2.05, 4.69) is 23.6 Å². The van der Waals surface area contributed by atoms with Crippen LogP contribution in [0.25, 0.3) is 0 Å². The van der Waals surface area contributed by atoms with Gasteiger partial charge in [0.2, 0.25) is 0 Å². The van der Waals surface area contributed by atoms with E-state index in [1.54, 1.807) is 0 Å². The summed E-state index contributed by atoms with van der Waals surface area (Å²) in [6, 6.07) is -1.44. The van der Waals surface area contributed by atoms with Crippen molar-refractivity contribution < 1.29 is 37.9 Å². The maximum atomic E-state index is 11.8. The predicted molar refractivity (Wildman–Crippen MR) is 132 cm³/mol. The van der Waals surface area contributed by atoms with Crippen molar-refractivity contribution in [1.29, 1.82) is 0 Å². The third-order valence-corrected chi connectivity index (χ3v) is 6.27. The molecule has 0 amide bonds. The van der Waals surface area contributed by atoms with Crippen LogP contribution in [-0.2, 0) is 27.9 Å². The zero-order valence-electron chi connectivity index (χ0n) is 21.0. The van der Waals surface area contributed by atoms with Gasteiger partial charge in [-0.15, -0.1) is 0 Å². The summed E-state index contributed by atoms with van der Waals surface area (Å²) in [6.07, 6.45) is 19.3. The van der Waals surface area contributed by atoms with Gasteiger partial charge >= 0.3 is 19.8 Å². The number of esters is 1. The summed E-state index contributed by atoms with van der Waals surface area (Å²) in [5, 5.41) is 8.63. The summed E-state index contributed by atoms with van der Waals surface area (Å²) in [5.74, 6) is -1.76. The first-order valence-electron chi connectivity index (χ1n) is 12.6. The van der Waals surface area contributed by atoms with Gasteiger partial charge in [-0.05, 0) is 39.0 Å². The average Bonchev–Trinajstić information content (AvgIpc) is 2.78. The van der Waals surface area contributed by atoms with Crippen LogP contribution in [0, 0.1) is 0 Å². The number of allylic oxidation sites excluding steroid dienone is 2. The van der Waals surface area contributed by atoms with Crippen LogP contribution in [-0.4, -0.2) is 47.3 Å². The Morgan fingerprint density at radius 1 is 0.912 bits per heavy atom. The Morgan fingerprint density at radius 2 is 1.44 bits per heavy atom. The first kappa shape index (κ1) is 32.8. The third kappa shape index (κ3) is 21.3. The molecule has 0 aromatic rings. The molecule has 0 aliphatic rings. The Morgan fingerprint density at radius 3 is 2.00 bits per heavy atom. The smallest absolute Gasteiger partial charge is 0.472 e. The summed E-state index contributed by atoms with van der Waals surface area (Å²) >= 11 is 0. The quantitative estimate of drug-likeness (QED) is 0.0706. The van der Waals surface area contributed by atoms with Crippen molar-refractivity contribution in [3.05, 3.63) is 12.2 Å². The molecule has 200 valence electrons. The molecule has 9 nitrogen and oxygen atoms in total. The van der Waals surface area contributed by atoms with Crippen LogP contribution in [0.3, 0.4) is 0 Å². The molecule has 0 aliphatic carbocycles. The molecule has 10 heteroatoms. The largest absolute Gasteiger partial charge is 0.480 e. The molecule has 0 fully saturated rings. The number of aliphatic carboxylic acids is 1. The molecule has 0 saturated carbocycles. The lowest BCUT2D eigenvalue weighted by molar-refractivity contribution is -0.146. The van der Waals surface area contributed by atoms with E-state index < -0.39 is 38.5 Å². The average molecular weight is 508 g/mol. The summed E-state index contributed by atoms with van der Waals surface area (Å²) in [4.78, 5) is 31.9. The zero-order valence-corrected chi connectivity index (χ0v) is 21.9. The number of carboxylic acids is 1. The molecule has 3 atom stereocenters. The first-order valence-corrected chi connectivity index (χ1v) is 14.1. The number of phosphoric ester groups is 1. The van der Waals surface area contributed by atoms with Crippen LogP contribution >= 0.6 is 7.82 Å². The van der Waals surface area contributed by atoms with E-state index in [1.807, 2.05) is 0 Å². The van der Waals surface area contributed by atoms with Crippen molar-refractivity contribution in [2.45, 2.75) is 116 Å². The summed E-state index contributed by atoms with van der Waals surface area (Å²) in [5.41, 5.74) is 5.20. The molecule has 34 heavy (non-hydrogen) atoms. The van der Waals surface area contributed by atoms with Crippen LogP contribution in [0.15, 0.2) is 12.2 Å². The Hall–Kier alpha value is -1.25. The fourth-order valence-corrected chi connectivity index (χ4v) is 4.08. The molecule has 0 aliphatic heterocycles. The van der Waals surface area contributed by atoms with E-state index in [0.29, 0.717) is 0 Å². The Bertz CT molecular complexity index is 614. The van der Waals surface area contributed by atoms with E-state index in [9.17, 15) is 19.0 Å². The van der Waals surface area contributed by atoms with Gasteiger partial charge in [0, 0.05) is 6.42 Å². The number of hydrogen-bond acceptors (Lipinski definition) is 7. The molecule has 0 aromatic carbocycles. The maximum Gasteiger partial charge on any atom is 0.472 e. The molecule has 0 bridgehead atoms. The molecule has 0 spiro atoms. The van der Waals surface area contributed by atoms with Gasteiger partial charge in [0.05, 0.1) is 6.61 Å². The van der Waals surface area contributed by atoms with Gasteiger partial charge in [0.25, 0.3) is 0 Å². The number of hydrogen-bond donors (Lipinski definition) is 3. The second-order valence-corrected chi connectivity index (χ2v) is 10.0. The van der Waals surface area contributed by atoms with E-state index in [0.717, 1.165) is 38.5 Å².